The summed E-state index contributed by atoms with van der Waals surface area (Å²) in [4.78, 5) is 15.3. The highest BCUT2D eigenvalue weighted by Crippen LogP contribution is 2.40. The largest absolute Gasteiger partial charge is 0.396 e. The Bertz CT molecular complexity index is 416. The minimum Gasteiger partial charge on any atom is -0.396 e. The molecular formula is C18H32N2O3. The molecule has 3 rings (SSSR count). The van der Waals surface area contributed by atoms with Crippen LogP contribution in [0.2, 0.25) is 0 Å². The summed E-state index contributed by atoms with van der Waals surface area (Å²) < 4.78 is 5.49. The van der Waals surface area contributed by atoms with Gasteiger partial charge in [0, 0.05) is 36.5 Å². The molecule has 1 aliphatic heterocycles. The number of aliphatic hydroxyl groups excluding tert-OH is 1. The van der Waals surface area contributed by atoms with E-state index in [1.807, 2.05) is 0 Å². The number of rotatable bonds is 5. The van der Waals surface area contributed by atoms with Gasteiger partial charge in [-0.25, -0.2) is 0 Å². The number of carbonyl (C=O) groups is 1. The van der Waals surface area contributed by atoms with E-state index in [1.165, 1.54) is 12.8 Å². The standard InChI is InChI=1S/C18H32N2O3/c1-17(14-21)6-4-5-15(17)19-16(22)13-18(7-2-3-8-18)20-9-11-23-12-10-20/h15,21H,2-14H2,1H3,(H,19,22). The van der Waals surface area contributed by atoms with Crippen molar-refractivity contribution in [3.8, 4) is 0 Å². The van der Waals surface area contributed by atoms with E-state index in [1.54, 1.807) is 0 Å². The van der Waals surface area contributed by atoms with Gasteiger partial charge in [-0.3, -0.25) is 9.69 Å². The predicted octanol–water partition coefficient (Wildman–Crippen LogP) is 1.69. The fourth-order valence-electron chi connectivity index (χ4n) is 4.89. The molecule has 0 spiro atoms. The number of carbonyl (C=O) groups excluding carboxylic acids is 1. The molecule has 0 aromatic rings. The number of aliphatic hydroxyl groups is 1. The normalized spacial score (nSPS) is 34.6. The molecule has 2 N–H and O–H groups in total. The summed E-state index contributed by atoms with van der Waals surface area (Å²) in [6.07, 6.45) is 8.40. The van der Waals surface area contributed by atoms with Crippen molar-refractivity contribution in [3.63, 3.8) is 0 Å². The van der Waals surface area contributed by atoms with Gasteiger partial charge in [-0.1, -0.05) is 26.2 Å². The van der Waals surface area contributed by atoms with Gasteiger partial charge in [0.2, 0.25) is 5.91 Å². The highest BCUT2D eigenvalue weighted by molar-refractivity contribution is 5.77. The molecule has 132 valence electrons. The number of morpholine rings is 1. The molecule has 0 bridgehead atoms. The Hall–Kier alpha value is -0.650. The van der Waals surface area contributed by atoms with E-state index < -0.39 is 0 Å². The Morgan fingerprint density at radius 1 is 1.22 bits per heavy atom. The summed E-state index contributed by atoms with van der Waals surface area (Å²) in [5.41, 5.74) is -0.0977. The third kappa shape index (κ3) is 3.57. The topological polar surface area (TPSA) is 61.8 Å². The van der Waals surface area contributed by atoms with Crippen LogP contribution in [0.1, 0.15) is 58.3 Å². The van der Waals surface area contributed by atoms with Gasteiger partial charge in [0.25, 0.3) is 0 Å². The summed E-state index contributed by atoms with van der Waals surface area (Å²) in [5, 5.41) is 12.9. The van der Waals surface area contributed by atoms with E-state index in [0.29, 0.717) is 6.42 Å². The van der Waals surface area contributed by atoms with Crippen LogP contribution in [0.15, 0.2) is 0 Å². The summed E-state index contributed by atoms with van der Waals surface area (Å²) >= 11 is 0. The average molecular weight is 324 g/mol. The van der Waals surface area contributed by atoms with E-state index >= 15 is 0 Å². The Kier molecular flexibility index (Phi) is 5.29. The molecule has 2 aliphatic carbocycles. The highest BCUT2D eigenvalue weighted by atomic mass is 16.5. The number of nitrogens with one attached hydrogen (secondary N) is 1. The van der Waals surface area contributed by atoms with Gasteiger partial charge in [-0.15, -0.1) is 0 Å². The van der Waals surface area contributed by atoms with Gasteiger partial charge in [0.05, 0.1) is 19.8 Å². The lowest BCUT2D eigenvalue weighted by molar-refractivity contribution is -0.127. The number of hydrogen-bond donors (Lipinski definition) is 2. The van der Waals surface area contributed by atoms with Gasteiger partial charge in [-0.2, -0.15) is 0 Å². The second-order valence-corrected chi connectivity index (χ2v) is 8.03. The molecule has 2 unspecified atom stereocenters. The van der Waals surface area contributed by atoms with Crippen LogP contribution < -0.4 is 5.32 Å². The molecule has 1 saturated heterocycles. The maximum atomic E-state index is 12.8. The van der Waals surface area contributed by atoms with E-state index in [4.69, 9.17) is 4.74 Å². The van der Waals surface area contributed by atoms with Crippen LogP contribution in [0.25, 0.3) is 0 Å². The van der Waals surface area contributed by atoms with E-state index in [0.717, 1.165) is 58.4 Å². The van der Waals surface area contributed by atoms with Crippen molar-refractivity contribution in [2.75, 3.05) is 32.9 Å². The first-order valence-electron chi connectivity index (χ1n) is 9.31. The van der Waals surface area contributed by atoms with Crippen molar-refractivity contribution in [2.45, 2.75) is 69.9 Å². The van der Waals surface area contributed by atoms with Crippen LogP contribution >= 0.6 is 0 Å². The number of ether oxygens (including phenoxy) is 1. The van der Waals surface area contributed by atoms with Gasteiger partial charge in [-0.05, 0) is 25.7 Å². The lowest BCUT2D eigenvalue weighted by Gasteiger charge is -2.43. The van der Waals surface area contributed by atoms with E-state index in [9.17, 15) is 9.90 Å². The summed E-state index contributed by atoms with van der Waals surface area (Å²) in [7, 11) is 0. The minimum atomic E-state index is -0.141. The molecule has 5 nitrogen and oxygen atoms in total. The zero-order valence-corrected chi connectivity index (χ0v) is 14.5. The first-order chi connectivity index (χ1) is 11.1. The molecule has 0 radical (unpaired) electrons. The lowest BCUT2D eigenvalue weighted by atomic mass is 9.85. The smallest absolute Gasteiger partial charge is 0.222 e. The molecule has 1 heterocycles. The SMILES string of the molecule is CC1(CO)CCCC1NC(=O)CC1(N2CCOCC2)CCCC1. The van der Waals surface area contributed by atoms with Crippen molar-refractivity contribution in [3.05, 3.63) is 0 Å². The van der Waals surface area contributed by atoms with Gasteiger partial charge in [0.1, 0.15) is 0 Å². The number of hydrogen-bond acceptors (Lipinski definition) is 4. The predicted molar refractivity (Wildman–Crippen MR) is 89.2 cm³/mol. The van der Waals surface area contributed by atoms with Crippen LogP contribution in [-0.2, 0) is 9.53 Å². The van der Waals surface area contributed by atoms with Crippen molar-refractivity contribution in [1.29, 1.82) is 0 Å². The second kappa shape index (κ2) is 7.08. The minimum absolute atomic E-state index is 0.0437. The number of amides is 1. The molecule has 2 saturated carbocycles. The van der Waals surface area contributed by atoms with E-state index in [2.05, 4.69) is 17.1 Å². The van der Waals surface area contributed by atoms with Crippen LogP contribution in [-0.4, -0.2) is 60.4 Å². The zero-order valence-electron chi connectivity index (χ0n) is 14.5. The van der Waals surface area contributed by atoms with Crippen LogP contribution in [0, 0.1) is 5.41 Å². The molecular weight excluding hydrogens is 292 g/mol. The first kappa shape index (κ1) is 17.2. The van der Waals surface area contributed by atoms with Crippen molar-refractivity contribution < 1.29 is 14.6 Å². The third-order valence-electron chi connectivity index (χ3n) is 6.48. The Balaban J connectivity index is 1.62. The average Bonchev–Trinajstić information content (AvgIpc) is 3.17. The molecule has 0 aromatic carbocycles. The first-order valence-corrected chi connectivity index (χ1v) is 9.31. The van der Waals surface area contributed by atoms with Gasteiger partial charge < -0.3 is 15.2 Å². The monoisotopic (exact) mass is 324 g/mol. The fourth-order valence-corrected chi connectivity index (χ4v) is 4.89. The summed E-state index contributed by atoms with van der Waals surface area (Å²) in [6, 6.07) is 0.128. The highest BCUT2D eigenvalue weighted by Gasteiger charge is 2.44. The Labute approximate surface area is 139 Å². The van der Waals surface area contributed by atoms with Crippen LogP contribution in [0.3, 0.4) is 0 Å². The Morgan fingerprint density at radius 3 is 2.57 bits per heavy atom. The number of nitrogens with zero attached hydrogens (tertiary/aromatic N) is 1. The molecule has 2 atom stereocenters. The van der Waals surface area contributed by atoms with Crippen molar-refractivity contribution in [1.82, 2.24) is 10.2 Å². The molecule has 23 heavy (non-hydrogen) atoms. The molecule has 1 amide bonds. The van der Waals surface area contributed by atoms with Crippen molar-refractivity contribution >= 4 is 5.91 Å². The second-order valence-electron chi connectivity index (χ2n) is 8.03. The maximum Gasteiger partial charge on any atom is 0.222 e. The molecule has 3 aliphatic rings. The van der Waals surface area contributed by atoms with Crippen molar-refractivity contribution in [2.24, 2.45) is 5.41 Å². The quantitative estimate of drug-likeness (QED) is 0.808. The molecule has 0 aromatic heterocycles. The Morgan fingerprint density at radius 2 is 1.91 bits per heavy atom. The summed E-state index contributed by atoms with van der Waals surface area (Å²) in [5.74, 6) is 0.171. The molecule has 3 fully saturated rings. The summed E-state index contributed by atoms with van der Waals surface area (Å²) in [6.45, 7) is 5.73. The molecule has 5 heteroatoms. The van der Waals surface area contributed by atoms with Gasteiger partial charge in [0.15, 0.2) is 0 Å². The third-order valence-corrected chi connectivity index (χ3v) is 6.48. The van der Waals surface area contributed by atoms with Gasteiger partial charge >= 0.3 is 0 Å². The van der Waals surface area contributed by atoms with E-state index in [-0.39, 0.29) is 29.5 Å². The fraction of sp³-hybridized carbons (Fsp3) is 0.944. The van der Waals surface area contributed by atoms with Crippen LogP contribution in [0.4, 0.5) is 0 Å². The zero-order chi connectivity index (χ0) is 16.3. The lowest BCUT2D eigenvalue weighted by Crippen LogP contribution is -2.55. The van der Waals surface area contributed by atoms with Crippen LogP contribution in [0.5, 0.6) is 0 Å². The maximum absolute atomic E-state index is 12.8.